The van der Waals surface area contributed by atoms with Gasteiger partial charge in [0.05, 0.1) is 0 Å². The second kappa shape index (κ2) is 17.4. The van der Waals surface area contributed by atoms with Crippen LogP contribution in [0.5, 0.6) is 5.75 Å². The summed E-state index contributed by atoms with van der Waals surface area (Å²) in [4.78, 5) is 33.2. The van der Waals surface area contributed by atoms with Crippen LogP contribution in [0.25, 0.3) is 0 Å². The third kappa shape index (κ3) is 7.96. The molecule has 2 amide bonds. The summed E-state index contributed by atoms with van der Waals surface area (Å²) >= 11 is -2.79. The van der Waals surface area contributed by atoms with Gasteiger partial charge in [-0.25, -0.2) is 0 Å². The second-order valence-corrected chi connectivity index (χ2v) is 21.2. The molecule has 1 saturated heterocycles. The van der Waals surface area contributed by atoms with Crippen LogP contribution >= 0.6 is 9.69 Å². The third-order valence-electron chi connectivity index (χ3n) is 10.9. The van der Waals surface area contributed by atoms with Crippen molar-refractivity contribution in [3.8, 4) is 5.75 Å². The van der Waals surface area contributed by atoms with E-state index < -0.39 is 73.0 Å². The average Bonchev–Trinajstić information content (AvgIpc) is 3.63. The summed E-state index contributed by atoms with van der Waals surface area (Å²) in [5, 5.41) is 0. The quantitative estimate of drug-likeness (QED) is 0.0521. The monoisotopic (exact) mass is 925 g/mol. The first-order chi connectivity index (χ1) is 27.8. The van der Waals surface area contributed by atoms with Crippen molar-refractivity contribution in [3.05, 3.63) is 117 Å². The molecular weight excluding hydrogens is 874 g/mol. The molecule has 13 heteroatoms. The molecule has 1 fully saturated rings. The summed E-state index contributed by atoms with van der Waals surface area (Å²) in [6.07, 6.45) is -1.34. The van der Waals surface area contributed by atoms with Crippen molar-refractivity contribution in [1.29, 1.82) is 0 Å². The topological polar surface area (TPSA) is 53.1 Å². The molecule has 2 heterocycles. The third-order valence-corrected chi connectivity index (χ3v) is 15.2. The van der Waals surface area contributed by atoms with Crippen LogP contribution in [-0.2, 0) is 19.3 Å². The molecule has 6 nitrogen and oxygen atoms in total. The van der Waals surface area contributed by atoms with Gasteiger partial charge >= 0.3 is 354 Å². The molecule has 0 aliphatic carbocycles. The predicted octanol–water partition coefficient (Wildman–Crippen LogP) is 11.7. The van der Waals surface area contributed by atoms with Crippen LogP contribution in [0.15, 0.2) is 54.6 Å². The number of ether oxygens (including phenoxy) is 1. The molecule has 0 aromatic heterocycles. The van der Waals surface area contributed by atoms with Gasteiger partial charge in [0.2, 0.25) is 0 Å². The van der Waals surface area contributed by atoms with E-state index in [2.05, 4.69) is 102 Å². The normalized spacial score (nSPS) is 17.0. The van der Waals surface area contributed by atoms with E-state index in [1.54, 1.807) is 19.9 Å². The van der Waals surface area contributed by atoms with Gasteiger partial charge in [0.1, 0.15) is 0 Å². The Morgan fingerprint density at radius 2 is 1.08 bits per heavy atom. The summed E-state index contributed by atoms with van der Waals surface area (Å²) in [6, 6.07) is 17.5. The number of imide groups is 1. The number of rotatable bonds is 10. The van der Waals surface area contributed by atoms with Crippen LogP contribution in [-0.4, -0.2) is 40.4 Å². The van der Waals surface area contributed by atoms with Crippen molar-refractivity contribution < 1.29 is 50.8 Å². The van der Waals surface area contributed by atoms with E-state index >= 15 is 8.78 Å². The Morgan fingerprint density at radius 3 is 1.49 bits per heavy atom. The number of carbonyl (C=O) groups excluding carboxylic acids is 2. The maximum atomic E-state index is 15.1. The van der Waals surface area contributed by atoms with Gasteiger partial charge in [-0.15, -0.1) is 0 Å². The van der Waals surface area contributed by atoms with E-state index in [4.69, 9.17) is 14.4 Å². The fraction of sp³-hybridized carbons (Fsp3) is 0.413. The molecule has 0 N–H and O–H groups in total. The van der Waals surface area contributed by atoms with Crippen molar-refractivity contribution in [2.24, 2.45) is 5.92 Å². The Kier molecular flexibility index (Phi) is 13.1. The molecule has 4 aromatic carbocycles. The van der Waals surface area contributed by atoms with Gasteiger partial charge in [0.15, 0.2) is 0 Å². The minimum absolute atomic E-state index is 0.0365. The van der Waals surface area contributed by atoms with Gasteiger partial charge < -0.3 is 0 Å². The Balaban J connectivity index is 1.59. The first kappa shape index (κ1) is 44.4. The number of para-hydroxylation sites is 3. The number of anilines is 3. The van der Waals surface area contributed by atoms with E-state index in [1.165, 1.54) is 34.4 Å². The average molecular weight is 925 g/mol. The van der Waals surface area contributed by atoms with Gasteiger partial charge in [-0.05, 0) is 0 Å². The molecule has 2 aliphatic rings. The Labute approximate surface area is 352 Å². The molecule has 6 rings (SSSR count). The number of halogens is 6. The fourth-order valence-corrected chi connectivity index (χ4v) is 12.5. The summed E-state index contributed by atoms with van der Waals surface area (Å²) in [5.74, 6) is -14.1. The Hall–Kier alpha value is -4.15. The number of fused-ring (bicyclic) bond motifs is 1. The standard InChI is InChI=1S/C27H39N2.C19H12F5NO3.ClH.Ru/c1-18(2)22-11-9-12-23(19(3)4)26(22)28-15-16-29(17-28)27-24(20(5)6)13-10-14-25(27)21(7)8;1-7(2)16-19(27)25(9-6-4-5-8(3)17(9)28-16)18(26)10-11(20)13(22)15(24)14(23)12(10)21;;/h9-14,17-21H,15-16H2,1-8H3;3-7,16H,1-2H3;1H;/q;;;+1/p-1. The number of amides is 2. The molecule has 4 aromatic rings. The van der Waals surface area contributed by atoms with Crippen molar-refractivity contribution in [2.75, 3.05) is 27.8 Å². The van der Waals surface area contributed by atoms with Crippen LogP contribution in [0.1, 0.15) is 131 Å². The van der Waals surface area contributed by atoms with Crippen LogP contribution in [0.3, 0.4) is 0 Å². The summed E-state index contributed by atoms with van der Waals surface area (Å²) in [7, 11) is 7.88. The minimum atomic E-state index is -2.79. The zero-order valence-corrected chi connectivity index (χ0v) is 37.4. The zero-order valence-electron chi connectivity index (χ0n) is 34.9. The Bertz CT molecular complexity index is 2180. The summed E-state index contributed by atoms with van der Waals surface area (Å²) < 4.78 is 81.0. The number of benzene rings is 4. The number of hydrogen-bond acceptors (Lipinski definition) is 5. The van der Waals surface area contributed by atoms with Crippen molar-refractivity contribution in [2.45, 2.75) is 104 Å². The SMILES string of the molecule is CC(C)c1cccc(C(C)C)c1N1CCN(c2c(C(C)C)cccc2C(C)C)[CH]1[Ru]([Cl])=[CH]c1cccc2c1OC(C(C)C)C(=O)N2C(=O)c1c(F)c(F)c(F)c(F)c1F. The van der Waals surface area contributed by atoms with E-state index in [1.807, 2.05) is 4.61 Å². The van der Waals surface area contributed by atoms with Gasteiger partial charge in [0, 0.05) is 0 Å². The van der Waals surface area contributed by atoms with Crippen LogP contribution in [0, 0.1) is 35.0 Å². The van der Waals surface area contributed by atoms with Gasteiger partial charge in [-0.1, -0.05) is 0 Å². The number of hydrogen-bond donors (Lipinski definition) is 0. The molecule has 1 unspecified atom stereocenters. The molecule has 1 atom stereocenters. The maximum absolute atomic E-state index is 15.1. The van der Waals surface area contributed by atoms with Crippen LogP contribution < -0.4 is 19.4 Å². The molecule has 0 radical (unpaired) electrons. The zero-order chi connectivity index (χ0) is 43.4. The molecular formula is C46H51ClF5N3O3Ru. The van der Waals surface area contributed by atoms with E-state index in [-0.39, 0.29) is 39.9 Å². The van der Waals surface area contributed by atoms with E-state index in [9.17, 15) is 22.8 Å². The fourth-order valence-electron chi connectivity index (χ4n) is 7.96. The van der Waals surface area contributed by atoms with Gasteiger partial charge in [-0.3, -0.25) is 0 Å². The number of nitrogens with zero attached hydrogens (tertiary/aromatic N) is 3. The molecule has 318 valence electrons. The Morgan fingerprint density at radius 1 is 0.678 bits per heavy atom. The molecule has 2 aliphatic heterocycles. The van der Waals surface area contributed by atoms with Crippen molar-refractivity contribution in [3.63, 3.8) is 0 Å². The second-order valence-electron chi connectivity index (χ2n) is 16.6. The summed E-state index contributed by atoms with van der Waals surface area (Å²) in [6.45, 7) is 22.1. The van der Waals surface area contributed by atoms with Gasteiger partial charge in [0.25, 0.3) is 0 Å². The van der Waals surface area contributed by atoms with Crippen LogP contribution in [0.4, 0.5) is 39.0 Å². The van der Waals surface area contributed by atoms with E-state index in [0.29, 0.717) is 23.6 Å². The summed E-state index contributed by atoms with van der Waals surface area (Å²) in [5.41, 5.74) is 5.56. The van der Waals surface area contributed by atoms with Crippen LogP contribution in [0.2, 0.25) is 0 Å². The number of carbonyl (C=O) groups is 2. The van der Waals surface area contributed by atoms with Gasteiger partial charge in [-0.2, -0.15) is 0 Å². The first-order valence-electron chi connectivity index (χ1n) is 19.9. The van der Waals surface area contributed by atoms with E-state index in [0.717, 1.165) is 11.4 Å². The molecule has 0 spiro atoms. The molecule has 59 heavy (non-hydrogen) atoms. The molecule has 0 bridgehead atoms. The molecule has 0 saturated carbocycles. The predicted molar refractivity (Wildman–Crippen MR) is 222 cm³/mol. The van der Waals surface area contributed by atoms with Crippen molar-refractivity contribution >= 4 is 43.2 Å². The van der Waals surface area contributed by atoms with Crippen molar-refractivity contribution in [1.82, 2.24) is 0 Å². The first-order valence-corrected chi connectivity index (χ1v) is 24.2.